The first-order valence-corrected chi connectivity index (χ1v) is 12.3. The average Bonchev–Trinajstić information content (AvgIpc) is 3.19. The summed E-state index contributed by atoms with van der Waals surface area (Å²) in [4.78, 5) is 54.2. The zero-order valence-electron chi connectivity index (χ0n) is 19.6. The number of anilines is 1. The molecule has 1 aromatic rings. The van der Waals surface area contributed by atoms with Crippen LogP contribution in [-0.4, -0.2) is 72.9 Å². The molecule has 1 unspecified atom stereocenters. The Morgan fingerprint density at radius 3 is 2.29 bits per heavy atom. The normalized spacial score (nSPS) is 24.3. The molecule has 0 bridgehead atoms. The number of likely N-dealkylation sites (tertiary alicyclic amines) is 1. The van der Waals surface area contributed by atoms with Gasteiger partial charge in [0.2, 0.25) is 11.8 Å². The second-order valence-corrected chi connectivity index (χ2v) is 9.86. The molecular weight excluding hydrogens is 436 g/mol. The highest BCUT2D eigenvalue weighted by Gasteiger charge is 2.39. The van der Waals surface area contributed by atoms with Crippen molar-refractivity contribution in [3.63, 3.8) is 0 Å². The molecule has 0 saturated carbocycles. The van der Waals surface area contributed by atoms with Gasteiger partial charge in [-0.25, -0.2) is 4.79 Å². The predicted molar refractivity (Wildman–Crippen MR) is 124 cm³/mol. The lowest BCUT2D eigenvalue weighted by molar-refractivity contribution is -0.136. The van der Waals surface area contributed by atoms with Crippen LogP contribution in [0.2, 0.25) is 0 Å². The van der Waals surface area contributed by atoms with Crippen molar-refractivity contribution in [1.82, 2.24) is 15.1 Å². The van der Waals surface area contributed by atoms with E-state index >= 15 is 0 Å². The molecule has 4 heterocycles. The monoisotopic (exact) mass is 468 g/mol. The van der Waals surface area contributed by atoms with Crippen molar-refractivity contribution < 1.29 is 23.9 Å². The molecule has 1 aromatic carbocycles. The Hall–Kier alpha value is -3.10. The number of carbonyl (C=O) groups excluding carboxylic acids is 4. The lowest BCUT2D eigenvalue weighted by atomic mass is 9.79. The van der Waals surface area contributed by atoms with Crippen LogP contribution in [0.4, 0.5) is 10.5 Å². The number of hydrogen-bond donors (Lipinski definition) is 1. The zero-order chi connectivity index (χ0) is 23.8. The van der Waals surface area contributed by atoms with E-state index in [9.17, 15) is 19.2 Å². The molecule has 3 fully saturated rings. The minimum absolute atomic E-state index is 0.131. The van der Waals surface area contributed by atoms with E-state index in [0.717, 1.165) is 63.1 Å². The minimum Gasteiger partial charge on any atom is -0.453 e. The number of rotatable bonds is 3. The van der Waals surface area contributed by atoms with Crippen molar-refractivity contribution in [2.75, 3.05) is 38.2 Å². The maximum atomic E-state index is 12.9. The zero-order valence-corrected chi connectivity index (χ0v) is 19.6. The Labute approximate surface area is 199 Å². The van der Waals surface area contributed by atoms with E-state index in [1.54, 1.807) is 9.80 Å². The molecule has 0 aliphatic carbocycles. The van der Waals surface area contributed by atoms with Crippen LogP contribution in [0.3, 0.4) is 0 Å². The number of nitrogens with zero attached hydrogens (tertiary/aromatic N) is 3. The number of nitrogens with one attached hydrogen (secondary N) is 1. The van der Waals surface area contributed by atoms with Gasteiger partial charge in [0.1, 0.15) is 6.04 Å². The van der Waals surface area contributed by atoms with E-state index in [4.69, 9.17) is 4.74 Å². The van der Waals surface area contributed by atoms with Crippen LogP contribution in [0.15, 0.2) is 18.2 Å². The van der Waals surface area contributed by atoms with Crippen LogP contribution in [0.5, 0.6) is 0 Å². The molecule has 4 amide bonds. The van der Waals surface area contributed by atoms with E-state index in [1.807, 2.05) is 12.1 Å². The Balaban J connectivity index is 1.18. The summed E-state index contributed by atoms with van der Waals surface area (Å²) in [6.07, 6.45) is 4.75. The van der Waals surface area contributed by atoms with E-state index < -0.39 is 6.04 Å². The highest BCUT2D eigenvalue weighted by atomic mass is 16.5. The summed E-state index contributed by atoms with van der Waals surface area (Å²) in [7, 11) is 1.44. The molecule has 3 saturated heterocycles. The van der Waals surface area contributed by atoms with Gasteiger partial charge in [-0.05, 0) is 67.7 Å². The molecule has 1 atom stereocenters. The largest absolute Gasteiger partial charge is 0.453 e. The van der Waals surface area contributed by atoms with Crippen molar-refractivity contribution in [2.24, 2.45) is 11.8 Å². The van der Waals surface area contributed by atoms with Crippen molar-refractivity contribution in [2.45, 2.75) is 51.1 Å². The second kappa shape index (κ2) is 9.27. The molecule has 9 nitrogen and oxygen atoms in total. The van der Waals surface area contributed by atoms with Crippen LogP contribution in [0.25, 0.3) is 0 Å². The predicted octanol–water partition coefficient (Wildman–Crippen LogP) is 2.14. The maximum Gasteiger partial charge on any atom is 0.409 e. The number of carbonyl (C=O) groups is 4. The summed E-state index contributed by atoms with van der Waals surface area (Å²) in [5.74, 6) is 0.549. The van der Waals surface area contributed by atoms with Crippen LogP contribution < -0.4 is 10.2 Å². The number of methoxy groups -OCH3 is 1. The van der Waals surface area contributed by atoms with Gasteiger partial charge in [-0.3, -0.25) is 19.7 Å². The molecule has 0 aromatic heterocycles. The van der Waals surface area contributed by atoms with Crippen molar-refractivity contribution >= 4 is 29.5 Å². The van der Waals surface area contributed by atoms with Gasteiger partial charge in [-0.1, -0.05) is 0 Å². The maximum absolute atomic E-state index is 12.9. The van der Waals surface area contributed by atoms with Gasteiger partial charge < -0.3 is 19.4 Å². The average molecular weight is 469 g/mol. The number of amides is 4. The Bertz CT molecular complexity index is 995. The van der Waals surface area contributed by atoms with Gasteiger partial charge in [-0.15, -0.1) is 0 Å². The summed E-state index contributed by atoms with van der Waals surface area (Å²) in [5, 5.41) is 2.35. The summed E-state index contributed by atoms with van der Waals surface area (Å²) >= 11 is 0. The van der Waals surface area contributed by atoms with E-state index in [1.165, 1.54) is 7.11 Å². The summed E-state index contributed by atoms with van der Waals surface area (Å²) in [5.41, 5.74) is 2.72. The number of hydrogen-bond acceptors (Lipinski definition) is 6. The van der Waals surface area contributed by atoms with E-state index in [2.05, 4.69) is 16.3 Å². The fourth-order valence-electron chi connectivity index (χ4n) is 6.07. The van der Waals surface area contributed by atoms with Crippen LogP contribution in [0.1, 0.15) is 54.4 Å². The molecule has 5 rings (SSSR count). The van der Waals surface area contributed by atoms with Gasteiger partial charge in [0.25, 0.3) is 5.91 Å². The van der Waals surface area contributed by atoms with Crippen molar-refractivity contribution in [3.8, 4) is 0 Å². The Morgan fingerprint density at radius 1 is 0.971 bits per heavy atom. The summed E-state index contributed by atoms with van der Waals surface area (Å²) in [6, 6.07) is 5.41. The standard InChI is InChI=1S/C25H32N4O5/c1-34-25(33)28-12-8-17(9-13-28)16-6-10-27(11-7-16)19-2-3-20-18(14-19)15-29(24(20)32)21-4-5-22(30)26-23(21)31/h2-3,14,16-17,21H,4-13,15H2,1H3,(H,26,30,31). The highest BCUT2D eigenvalue weighted by Crippen LogP contribution is 2.36. The number of piperidine rings is 3. The number of ether oxygens (including phenoxy) is 1. The molecule has 4 aliphatic heterocycles. The third-order valence-electron chi connectivity index (χ3n) is 8.05. The fourth-order valence-corrected chi connectivity index (χ4v) is 6.07. The van der Waals surface area contributed by atoms with Crippen LogP contribution in [0, 0.1) is 11.8 Å². The van der Waals surface area contributed by atoms with Gasteiger partial charge in [0, 0.05) is 50.4 Å². The smallest absolute Gasteiger partial charge is 0.409 e. The molecule has 34 heavy (non-hydrogen) atoms. The van der Waals surface area contributed by atoms with Gasteiger partial charge in [0.15, 0.2) is 0 Å². The summed E-state index contributed by atoms with van der Waals surface area (Å²) in [6.45, 7) is 3.92. The first-order chi connectivity index (χ1) is 16.4. The molecule has 0 radical (unpaired) electrons. The molecule has 9 heteroatoms. The Morgan fingerprint density at radius 2 is 1.65 bits per heavy atom. The fraction of sp³-hybridized carbons (Fsp3) is 0.600. The quantitative estimate of drug-likeness (QED) is 0.683. The third-order valence-corrected chi connectivity index (χ3v) is 8.05. The molecule has 4 aliphatic rings. The SMILES string of the molecule is COC(=O)N1CCC(C2CCN(c3ccc4c(c3)CN(C3CCC(=O)NC3=O)C4=O)CC2)CC1. The van der Waals surface area contributed by atoms with Gasteiger partial charge >= 0.3 is 6.09 Å². The molecule has 1 N–H and O–H groups in total. The van der Waals surface area contributed by atoms with Gasteiger partial charge in [0.05, 0.1) is 7.11 Å². The first kappa shape index (κ1) is 22.7. The molecule has 182 valence electrons. The Kier molecular flexibility index (Phi) is 6.18. The highest BCUT2D eigenvalue weighted by molar-refractivity contribution is 6.05. The lowest BCUT2D eigenvalue weighted by Gasteiger charge is -2.40. The number of fused-ring (bicyclic) bond motifs is 1. The van der Waals surface area contributed by atoms with Crippen molar-refractivity contribution in [3.05, 3.63) is 29.3 Å². The lowest BCUT2D eigenvalue weighted by Crippen LogP contribution is -2.52. The van der Waals surface area contributed by atoms with Gasteiger partial charge in [-0.2, -0.15) is 0 Å². The third kappa shape index (κ3) is 4.23. The first-order valence-electron chi connectivity index (χ1n) is 12.3. The summed E-state index contributed by atoms with van der Waals surface area (Å²) < 4.78 is 4.85. The molecular formula is C25H32N4O5. The minimum atomic E-state index is -0.581. The number of benzene rings is 1. The molecule has 0 spiro atoms. The number of imide groups is 1. The second-order valence-electron chi connectivity index (χ2n) is 9.86. The van der Waals surface area contributed by atoms with Crippen LogP contribution >= 0.6 is 0 Å². The van der Waals surface area contributed by atoms with Crippen LogP contribution in [-0.2, 0) is 20.9 Å². The van der Waals surface area contributed by atoms with E-state index in [-0.39, 0.29) is 30.2 Å². The topological polar surface area (TPSA) is 99.3 Å². The van der Waals surface area contributed by atoms with E-state index in [0.29, 0.717) is 30.4 Å². The van der Waals surface area contributed by atoms with Crippen molar-refractivity contribution in [1.29, 1.82) is 0 Å².